The van der Waals surface area contributed by atoms with Crippen molar-refractivity contribution in [1.82, 2.24) is 0 Å². The fourth-order valence-electron chi connectivity index (χ4n) is 0.696. The van der Waals surface area contributed by atoms with Crippen LogP contribution in [0, 0.1) is 0 Å². The topological polar surface area (TPSA) is 17.1 Å². The molecule has 0 aromatic rings. The minimum absolute atomic E-state index is 3.00. The summed E-state index contributed by atoms with van der Waals surface area (Å²) in [6, 6.07) is 0. The van der Waals surface area contributed by atoms with E-state index in [9.17, 15) is 57.5 Å². The van der Waals surface area contributed by atoms with E-state index >= 15 is 0 Å². The molecule has 0 spiro atoms. The average molecular weight is 344 g/mol. The molecule has 21 heavy (non-hydrogen) atoms. The first-order valence-electron chi connectivity index (χ1n) is 4.22. The number of carbonyl (C=O) groups excluding carboxylic acids is 1. The predicted octanol–water partition coefficient (Wildman–Crippen LogP) is 4.39. The van der Waals surface area contributed by atoms with Gasteiger partial charge in [-0.25, -0.2) is 0 Å². The largest absolute Gasteiger partial charge is 0.460 e. The molecule has 0 rings (SSSR count). The first-order valence-corrected chi connectivity index (χ1v) is 4.22. The maximum Gasteiger partial charge on any atom is 0.460 e. The second-order valence-electron chi connectivity index (χ2n) is 3.05. The summed E-state index contributed by atoms with van der Waals surface area (Å²) in [6.45, 7) is 6.00. The van der Waals surface area contributed by atoms with Crippen molar-refractivity contribution in [3.8, 4) is 0 Å². The Labute approximate surface area is 108 Å². The normalized spacial score (nSPS) is 14.3. The fraction of sp³-hybridized carbons (Fsp3) is 0.625. The quantitative estimate of drug-likeness (QED) is 0.548. The summed E-state index contributed by atoms with van der Waals surface area (Å²) < 4.78 is 142. The van der Waals surface area contributed by atoms with E-state index in [1.165, 1.54) is 0 Å². The van der Waals surface area contributed by atoms with Gasteiger partial charge in [0.2, 0.25) is 0 Å². The summed E-state index contributed by atoms with van der Waals surface area (Å²) >= 11 is 0. The second kappa shape index (κ2) is 5.75. The van der Waals surface area contributed by atoms with E-state index in [0.717, 1.165) is 0 Å². The van der Waals surface area contributed by atoms with Crippen molar-refractivity contribution in [3.05, 3.63) is 13.2 Å². The molecule has 0 amide bonds. The Morgan fingerprint density at radius 1 is 0.619 bits per heavy atom. The molecule has 0 saturated heterocycles. The van der Waals surface area contributed by atoms with Crippen molar-refractivity contribution in [2.45, 2.75) is 30.1 Å². The van der Waals surface area contributed by atoms with Gasteiger partial charge >= 0.3 is 35.9 Å². The maximum absolute atomic E-state index is 12.3. The highest BCUT2D eigenvalue weighted by Crippen LogP contribution is 2.54. The van der Waals surface area contributed by atoms with Gasteiger partial charge in [-0.3, -0.25) is 4.79 Å². The smallest absolute Gasteiger partial charge is 0.282 e. The summed E-state index contributed by atoms with van der Waals surface area (Å²) in [6.07, 6.45) is -14.0. The highest BCUT2D eigenvalue weighted by molar-refractivity contribution is 5.91. The van der Waals surface area contributed by atoms with Gasteiger partial charge in [-0.15, -0.1) is 13.2 Å². The second-order valence-corrected chi connectivity index (χ2v) is 3.05. The van der Waals surface area contributed by atoms with Gasteiger partial charge in [-0.05, 0) is 0 Å². The molecular formula is C8H4F12O. The van der Waals surface area contributed by atoms with Crippen LogP contribution in [0.3, 0.4) is 0 Å². The molecule has 0 aliphatic rings. The van der Waals surface area contributed by atoms with E-state index in [1.54, 1.807) is 0 Å². The van der Waals surface area contributed by atoms with E-state index in [2.05, 4.69) is 13.2 Å². The molecule has 0 fully saturated rings. The zero-order valence-corrected chi connectivity index (χ0v) is 9.36. The monoisotopic (exact) mass is 344 g/mol. The third-order valence-corrected chi connectivity index (χ3v) is 1.69. The van der Waals surface area contributed by atoms with Gasteiger partial charge < -0.3 is 0 Å². The van der Waals surface area contributed by atoms with E-state index in [0.29, 0.717) is 0 Å². The number of ketones is 1. The summed E-state index contributed by atoms with van der Waals surface area (Å²) in [5, 5.41) is 0. The maximum atomic E-state index is 12.3. The Hall–Kier alpha value is -1.43. The number of Topliss-reactive ketones (excluding diaryl/α,β-unsaturated/α-hetero) is 1. The molecule has 1 nitrogen and oxygen atoms in total. The summed E-state index contributed by atoms with van der Waals surface area (Å²) in [5.74, 6) is -27.1. The van der Waals surface area contributed by atoms with Crippen LogP contribution in [0.1, 0.15) is 0 Å². The van der Waals surface area contributed by atoms with Crippen LogP contribution < -0.4 is 0 Å². The van der Waals surface area contributed by atoms with Crippen LogP contribution in [0.2, 0.25) is 0 Å². The number of alkyl halides is 12. The molecule has 0 unspecified atom stereocenters. The highest BCUT2D eigenvalue weighted by atomic mass is 19.4. The van der Waals surface area contributed by atoms with Crippen molar-refractivity contribution in [2.24, 2.45) is 0 Å². The van der Waals surface area contributed by atoms with Gasteiger partial charge in [-0.2, -0.15) is 52.7 Å². The zero-order chi connectivity index (χ0) is 18.1. The molecule has 0 aromatic carbocycles. The Morgan fingerprint density at radius 2 is 0.905 bits per heavy atom. The zero-order valence-electron chi connectivity index (χ0n) is 9.36. The van der Waals surface area contributed by atoms with Crippen LogP contribution in [0.25, 0.3) is 0 Å². The molecule has 0 heterocycles. The van der Waals surface area contributed by atoms with Crippen molar-refractivity contribution < 1.29 is 57.5 Å². The molecule has 0 atom stereocenters. The van der Waals surface area contributed by atoms with E-state index in [-0.39, 0.29) is 0 Å². The van der Waals surface area contributed by atoms with E-state index in [1.807, 2.05) is 0 Å². The summed E-state index contributed by atoms with van der Waals surface area (Å²) in [4.78, 5) is 9.85. The van der Waals surface area contributed by atoms with Crippen molar-refractivity contribution in [3.63, 3.8) is 0 Å². The lowest BCUT2D eigenvalue weighted by molar-refractivity contribution is -0.390. The molecule has 0 saturated carbocycles. The molecular weight excluding hydrogens is 340 g/mol. The predicted molar refractivity (Wildman–Crippen MR) is 43.2 cm³/mol. The van der Waals surface area contributed by atoms with Gasteiger partial charge in [0.05, 0.1) is 0 Å². The minimum Gasteiger partial charge on any atom is -0.282 e. The molecule has 0 aliphatic heterocycles. The lowest BCUT2D eigenvalue weighted by Gasteiger charge is -2.32. The van der Waals surface area contributed by atoms with E-state index in [4.69, 9.17) is 0 Å². The number of hydrogen-bond acceptors (Lipinski definition) is 1. The van der Waals surface area contributed by atoms with Crippen molar-refractivity contribution in [2.75, 3.05) is 0 Å². The first kappa shape index (κ1) is 21.9. The molecule has 0 N–H and O–H groups in total. The standard InChI is InChI=1S/C6F12O.C2H4/c7-2(8,1(19)3(9,10)11)4(12,13)5(14,15)6(16,17)18;1-2/h;1-2H2. The van der Waals surface area contributed by atoms with Crippen LogP contribution in [0.4, 0.5) is 52.7 Å². The SMILES string of the molecule is C=C.O=C(C(F)(F)F)C(F)(F)C(F)(F)C(F)(F)C(F)(F)F. The Bertz CT molecular complexity index is 376. The fourth-order valence-corrected chi connectivity index (χ4v) is 0.696. The Morgan fingerprint density at radius 3 is 1.10 bits per heavy atom. The van der Waals surface area contributed by atoms with Crippen LogP contribution in [0.15, 0.2) is 13.2 Å². The number of halogens is 12. The molecule has 0 aromatic heterocycles. The lowest BCUT2D eigenvalue weighted by Crippen LogP contribution is -2.65. The number of carbonyl (C=O) groups is 1. The molecule has 13 heteroatoms. The summed E-state index contributed by atoms with van der Waals surface area (Å²) in [7, 11) is 0. The van der Waals surface area contributed by atoms with Crippen LogP contribution in [0.5, 0.6) is 0 Å². The van der Waals surface area contributed by atoms with Gasteiger partial charge in [-0.1, -0.05) is 0 Å². The van der Waals surface area contributed by atoms with E-state index < -0.39 is 35.9 Å². The number of rotatable bonds is 3. The van der Waals surface area contributed by atoms with Crippen molar-refractivity contribution >= 4 is 5.78 Å². The first-order chi connectivity index (χ1) is 8.90. The Kier molecular flexibility index (Phi) is 5.99. The third-order valence-electron chi connectivity index (χ3n) is 1.69. The molecule has 0 radical (unpaired) electrons. The molecule has 126 valence electrons. The highest BCUT2D eigenvalue weighted by Gasteiger charge is 2.85. The lowest BCUT2D eigenvalue weighted by atomic mass is 10.00. The Balaban J connectivity index is 0. The van der Waals surface area contributed by atoms with Gasteiger partial charge in [0.1, 0.15) is 0 Å². The third kappa shape index (κ3) is 3.61. The van der Waals surface area contributed by atoms with Crippen molar-refractivity contribution in [1.29, 1.82) is 0 Å². The van der Waals surface area contributed by atoms with Gasteiger partial charge in [0.25, 0.3) is 0 Å². The van der Waals surface area contributed by atoms with Gasteiger partial charge in [0.15, 0.2) is 0 Å². The number of hydrogen-bond donors (Lipinski definition) is 0. The van der Waals surface area contributed by atoms with Gasteiger partial charge in [0, 0.05) is 0 Å². The summed E-state index contributed by atoms with van der Waals surface area (Å²) in [5.41, 5.74) is 0. The minimum atomic E-state index is -7.61. The average Bonchev–Trinajstić information content (AvgIpc) is 2.27. The van der Waals surface area contributed by atoms with Crippen LogP contribution in [-0.4, -0.2) is 35.9 Å². The molecule has 0 bridgehead atoms. The van der Waals surface area contributed by atoms with Crippen LogP contribution >= 0.6 is 0 Å². The molecule has 0 aliphatic carbocycles. The van der Waals surface area contributed by atoms with Crippen LogP contribution in [-0.2, 0) is 4.79 Å².